The van der Waals surface area contributed by atoms with Crippen LogP contribution in [0.25, 0.3) is 0 Å². The van der Waals surface area contributed by atoms with Crippen LogP contribution < -0.4 is 10.5 Å². The van der Waals surface area contributed by atoms with Crippen molar-refractivity contribution < 1.29 is 4.74 Å². The zero-order chi connectivity index (χ0) is 14.9. The van der Waals surface area contributed by atoms with Crippen LogP contribution in [0.4, 0.5) is 5.69 Å². The average Bonchev–Trinajstić information content (AvgIpc) is 2.39. The fourth-order valence-electron chi connectivity index (χ4n) is 2.08. The number of nitrogens with zero attached hydrogens (tertiary/aromatic N) is 1. The number of nitrogen functional groups attached to an aromatic ring is 1. The molecule has 0 unspecified atom stereocenters. The normalized spacial score (nSPS) is 10.2. The van der Waals surface area contributed by atoms with Crippen molar-refractivity contribution in [3.63, 3.8) is 0 Å². The highest BCUT2D eigenvalue weighted by atomic mass is 35.5. The van der Waals surface area contributed by atoms with Crippen molar-refractivity contribution in [2.75, 3.05) is 5.73 Å². The topological polar surface area (TPSA) is 59.0 Å². The van der Waals surface area contributed by atoms with Gasteiger partial charge in [0.15, 0.2) is 0 Å². The van der Waals surface area contributed by atoms with Gasteiger partial charge < -0.3 is 10.5 Å². The molecule has 0 bridgehead atoms. The van der Waals surface area contributed by atoms with Crippen LogP contribution in [0.3, 0.4) is 0 Å². The van der Waals surface area contributed by atoms with Crippen molar-refractivity contribution in [2.24, 2.45) is 0 Å². The van der Waals surface area contributed by atoms with E-state index in [1.807, 2.05) is 20.8 Å². The molecule has 20 heavy (non-hydrogen) atoms. The zero-order valence-electron chi connectivity index (χ0n) is 11.6. The Kier molecular flexibility index (Phi) is 3.87. The molecule has 0 fully saturated rings. The first-order valence-corrected chi connectivity index (χ1v) is 6.55. The number of ether oxygens (including phenoxy) is 1. The van der Waals surface area contributed by atoms with Gasteiger partial charge in [0, 0.05) is 6.07 Å². The standard InChI is InChI=1S/C16H15ClN2O/c1-9-6-14(19)13(17)7-15(9)20-16-10(2)4-12(8-18)5-11(16)3/h4-7H,19H2,1-3H3. The molecule has 0 atom stereocenters. The van der Waals surface area contributed by atoms with Gasteiger partial charge in [-0.15, -0.1) is 0 Å². The minimum atomic E-state index is 0.467. The number of rotatable bonds is 2. The maximum Gasteiger partial charge on any atom is 0.133 e. The van der Waals surface area contributed by atoms with Gasteiger partial charge in [0.25, 0.3) is 0 Å². The molecule has 0 spiro atoms. The van der Waals surface area contributed by atoms with Crippen LogP contribution in [0.15, 0.2) is 24.3 Å². The molecule has 2 rings (SSSR count). The van der Waals surface area contributed by atoms with Gasteiger partial charge in [-0.05, 0) is 55.7 Å². The monoisotopic (exact) mass is 286 g/mol. The van der Waals surface area contributed by atoms with Gasteiger partial charge in [0.2, 0.25) is 0 Å². The molecule has 2 aromatic carbocycles. The highest BCUT2D eigenvalue weighted by Crippen LogP contribution is 2.35. The summed E-state index contributed by atoms with van der Waals surface area (Å²) in [7, 11) is 0. The molecule has 0 aliphatic rings. The third-order valence-electron chi connectivity index (χ3n) is 3.10. The number of aryl methyl sites for hydroxylation is 3. The predicted molar refractivity (Wildman–Crippen MR) is 81.3 cm³/mol. The number of nitriles is 1. The molecular weight excluding hydrogens is 272 g/mol. The van der Waals surface area contributed by atoms with Gasteiger partial charge in [-0.25, -0.2) is 0 Å². The van der Waals surface area contributed by atoms with Crippen molar-refractivity contribution in [1.82, 2.24) is 0 Å². The molecule has 2 N–H and O–H groups in total. The molecule has 0 heterocycles. The van der Waals surface area contributed by atoms with Crippen LogP contribution in [-0.2, 0) is 0 Å². The summed E-state index contributed by atoms with van der Waals surface area (Å²) in [4.78, 5) is 0. The van der Waals surface area contributed by atoms with E-state index < -0.39 is 0 Å². The average molecular weight is 287 g/mol. The van der Waals surface area contributed by atoms with Crippen LogP contribution in [0.5, 0.6) is 11.5 Å². The van der Waals surface area contributed by atoms with Gasteiger partial charge >= 0.3 is 0 Å². The second-order valence-corrected chi connectivity index (χ2v) is 5.20. The maximum atomic E-state index is 8.96. The Morgan fingerprint density at radius 2 is 1.65 bits per heavy atom. The molecule has 102 valence electrons. The first-order chi connectivity index (χ1) is 9.42. The summed E-state index contributed by atoms with van der Waals surface area (Å²) in [6.45, 7) is 5.74. The van der Waals surface area contributed by atoms with Gasteiger partial charge in [-0.1, -0.05) is 11.6 Å². The van der Waals surface area contributed by atoms with Crippen molar-refractivity contribution in [2.45, 2.75) is 20.8 Å². The van der Waals surface area contributed by atoms with E-state index in [0.29, 0.717) is 22.0 Å². The number of hydrogen-bond donors (Lipinski definition) is 1. The van der Waals surface area contributed by atoms with E-state index >= 15 is 0 Å². The summed E-state index contributed by atoms with van der Waals surface area (Å²) < 4.78 is 5.96. The lowest BCUT2D eigenvalue weighted by Gasteiger charge is -2.15. The van der Waals surface area contributed by atoms with Gasteiger partial charge in [0.05, 0.1) is 22.3 Å². The fraction of sp³-hybridized carbons (Fsp3) is 0.188. The first-order valence-electron chi connectivity index (χ1n) is 6.17. The van der Waals surface area contributed by atoms with Crippen LogP contribution in [0.1, 0.15) is 22.3 Å². The van der Waals surface area contributed by atoms with Crippen LogP contribution in [0.2, 0.25) is 5.02 Å². The van der Waals surface area contributed by atoms with Crippen LogP contribution in [-0.4, -0.2) is 0 Å². The highest BCUT2D eigenvalue weighted by Gasteiger charge is 2.11. The molecule has 0 amide bonds. The number of anilines is 1. The second kappa shape index (κ2) is 5.44. The largest absolute Gasteiger partial charge is 0.456 e. The molecule has 0 aliphatic heterocycles. The summed E-state index contributed by atoms with van der Waals surface area (Å²) in [6, 6.07) is 9.23. The third kappa shape index (κ3) is 2.71. The molecule has 0 radical (unpaired) electrons. The molecule has 2 aromatic rings. The summed E-state index contributed by atoms with van der Waals surface area (Å²) in [5, 5.41) is 9.42. The van der Waals surface area contributed by atoms with Gasteiger partial charge in [-0.2, -0.15) is 5.26 Å². The second-order valence-electron chi connectivity index (χ2n) is 4.79. The fourth-order valence-corrected chi connectivity index (χ4v) is 2.23. The maximum absolute atomic E-state index is 8.96. The smallest absolute Gasteiger partial charge is 0.133 e. The van der Waals surface area contributed by atoms with Gasteiger partial charge in [-0.3, -0.25) is 0 Å². The van der Waals surface area contributed by atoms with Crippen molar-refractivity contribution >= 4 is 17.3 Å². The van der Waals surface area contributed by atoms with E-state index in [2.05, 4.69) is 6.07 Å². The number of benzene rings is 2. The number of halogens is 1. The van der Waals surface area contributed by atoms with E-state index in [1.54, 1.807) is 24.3 Å². The first kappa shape index (κ1) is 14.2. The Hall–Kier alpha value is -2.18. The van der Waals surface area contributed by atoms with E-state index in [0.717, 1.165) is 22.4 Å². The molecule has 3 nitrogen and oxygen atoms in total. The summed E-state index contributed by atoms with van der Waals surface area (Å²) in [5.74, 6) is 1.41. The zero-order valence-corrected chi connectivity index (χ0v) is 12.4. The lowest BCUT2D eigenvalue weighted by Crippen LogP contribution is -1.96. The lowest BCUT2D eigenvalue weighted by atomic mass is 10.1. The minimum Gasteiger partial charge on any atom is -0.456 e. The molecule has 0 saturated heterocycles. The third-order valence-corrected chi connectivity index (χ3v) is 3.42. The van der Waals surface area contributed by atoms with Crippen molar-refractivity contribution in [3.05, 3.63) is 51.5 Å². The Bertz CT molecular complexity index is 694. The molecular formula is C16H15ClN2O. The molecule has 0 aliphatic carbocycles. The van der Waals surface area contributed by atoms with Crippen LogP contribution >= 0.6 is 11.6 Å². The Morgan fingerprint density at radius 1 is 1.05 bits per heavy atom. The quantitative estimate of drug-likeness (QED) is 0.826. The van der Waals surface area contributed by atoms with E-state index in [9.17, 15) is 0 Å². The molecule has 0 saturated carbocycles. The van der Waals surface area contributed by atoms with E-state index in [4.69, 9.17) is 27.3 Å². The minimum absolute atomic E-state index is 0.467. The van der Waals surface area contributed by atoms with Gasteiger partial charge in [0.1, 0.15) is 11.5 Å². The van der Waals surface area contributed by atoms with Crippen molar-refractivity contribution in [1.29, 1.82) is 5.26 Å². The highest BCUT2D eigenvalue weighted by molar-refractivity contribution is 6.33. The van der Waals surface area contributed by atoms with E-state index in [-0.39, 0.29) is 0 Å². The van der Waals surface area contributed by atoms with E-state index in [1.165, 1.54) is 0 Å². The number of hydrogen-bond acceptors (Lipinski definition) is 3. The summed E-state index contributed by atoms with van der Waals surface area (Å²) >= 11 is 6.03. The number of nitrogens with two attached hydrogens (primary N) is 1. The molecule has 4 heteroatoms. The molecule has 0 aromatic heterocycles. The Morgan fingerprint density at radius 3 is 2.20 bits per heavy atom. The lowest BCUT2D eigenvalue weighted by molar-refractivity contribution is 0.471. The summed E-state index contributed by atoms with van der Waals surface area (Å²) in [6.07, 6.45) is 0. The predicted octanol–water partition coefficient (Wildman–Crippen LogP) is 4.51. The SMILES string of the molecule is Cc1cc(N)c(Cl)cc1Oc1c(C)cc(C#N)cc1C. The summed E-state index contributed by atoms with van der Waals surface area (Å²) in [5.41, 5.74) is 9.65. The Labute approximate surface area is 123 Å². The van der Waals surface area contributed by atoms with Crippen molar-refractivity contribution in [3.8, 4) is 17.6 Å². The Balaban J connectivity index is 2.46. The van der Waals surface area contributed by atoms with Crippen LogP contribution in [0, 0.1) is 32.1 Å².